The average Bonchev–Trinajstić information content (AvgIpc) is 2.27. The molecular weight excluding hydrogens is 254 g/mol. The van der Waals surface area contributed by atoms with Crippen molar-refractivity contribution in [3.63, 3.8) is 0 Å². The van der Waals surface area contributed by atoms with Crippen molar-refractivity contribution in [1.82, 2.24) is 9.97 Å². The van der Waals surface area contributed by atoms with Crippen molar-refractivity contribution in [2.24, 2.45) is 0 Å². The smallest absolute Gasteiger partial charge is 0.332 e. The Bertz CT molecular complexity index is 427. The summed E-state index contributed by atoms with van der Waals surface area (Å²) >= 11 is 1.83. The molecule has 0 unspecified atom stereocenters. The van der Waals surface area contributed by atoms with Gasteiger partial charge in [0.25, 0.3) is 0 Å². The molecule has 0 saturated heterocycles. The molecule has 18 heavy (non-hydrogen) atoms. The van der Waals surface area contributed by atoms with Gasteiger partial charge in [-0.05, 0) is 24.9 Å². The van der Waals surface area contributed by atoms with Crippen molar-refractivity contribution in [2.45, 2.75) is 20.3 Å². The molecule has 0 atom stereocenters. The van der Waals surface area contributed by atoms with Gasteiger partial charge in [-0.1, -0.05) is 6.92 Å². The molecule has 0 fully saturated rings. The van der Waals surface area contributed by atoms with Crippen LogP contribution in [0.4, 0.5) is 17.5 Å². The number of nitrogens with two attached hydrogens (primary N) is 1. The van der Waals surface area contributed by atoms with Crippen LogP contribution in [0.25, 0.3) is 0 Å². The molecule has 0 aliphatic carbocycles. The highest BCUT2D eigenvalue weighted by Crippen LogP contribution is 2.25. The monoisotopic (exact) mass is 271 g/mol. The van der Waals surface area contributed by atoms with Crippen molar-refractivity contribution < 1.29 is 4.92 Å². The summed E-state index contributed by atoms with van der Waals surface area (Å²) in [5, 5.41) is 13.9. The number of rotatable bonds is 7. The first-order valence-electron chi connectivity index (χ1n) is 5.66. The van der Waals surface area contributed by atoms with Crippen LogP contribution < -0.4 is 11.1 Å². The molecule has 7 nitrogen and oxygen atoms in total. The molecule has 1 heterocycles. The van der Waals surface area contributed by atoms with Crippen LogP contribution >= 0.6 is 11.8 Å². The zero-order chi connectivity index (χ0) is 13.5. The average molecular weight is 271 g/mol. The van der Waals surface area contributed by atoms with E-state index >= 15 is 0 Å². The van der Waals surface area contributed by atoms with Crippen LogP contribution in [0.3, 0.4) is 0 Å². The summed E-state index contributed by atoms with van der Waals surface area (Å²) in [7, 11) is 0. The highest BCUT2D eigenvalue weighted by Gasteiger charge is 2.20. The van der Waals surface area contributed by atoms with Crippen LogP contribution in [-0.2, 0) is 0 Å². The predicted molar refractivity (Wildman–Crippen MR) is 73.9 cm³/mol. The van der Waals surface area contributed by atoms with Gasteiger partial charge in [0.1, 0.15) is 5.69 Å². The van der Waals surface area contributed by atoms with E-state index < -0.39 is 4.92 Å². The maximum atomic E-state index is 10.9. The van der Waals surface area contributed by atoms with E-state index in [1.54, 1.807) is 6.92 Å². The van der Waals surface area contributed by atoms with E-state index in [0.29, 0.717) is 6.54 Å². The summed E-state index contributed by atoms with van der Waals surface area (Å²) in [5.41, 5.74) is 5.66. The van der Waals surface area contributed by atoms with Gasteiger partial charge in [0.15, 0.2) is 0 Å². The third-order valence-corrected chi connectivity index (χ3v) is 3.21. The van der Waals surface area contributed by atoms with Gasteiger partial charge in [0.05, 0.1) is 4.92 Å². The normalized spacial score (nSPS) is 10.3. The molecule has 0 radical (unpaired) electrons. The lowest BCUT2D eigenvalue weighted by Gasteiger charge is -2.07. The highest BCUT2D eigenvalue weighted by atomic mass is 32.2. The summed E-state index contributed by atoms with van der Waals surface area (Å²) in [4.78, 5) is 18.1. The fraction of sp³-hybridized carbons (Fsp3) is 0.600. The molecule has 0 aromatic carbocycles. The minimum Gasteiger partial charge on any atom is -0.368 e. The molecule has 0 spiro atoms. The number of nitrogen functional groups attached to an aromatic ring is 1. The van der Waals surface area contributed by atoms with Gasteiger partial charge in [0.2, 0.25) is 11.8 Å². The second-order valence-electron chi connectivity index (χ2n) is 3.60. The minimum absolute atomic E-state index is 0.0449. The number of nitrogens with zero attached hydrogens (tertiary/aromatic N) is 3. The van der Waals surface area contributed by atoms with Crippen molar-refractivity contribution in [3.8, 4) is 0 Å². The molecular formula is C10H17N5O2S. The number of nitro groups is 1. The Kier molecular flexibility index (Phi) is 5.63. The molecule has 1 aromatic heterocycles. The Labute approximate surface area is 110 Å². The zero-order valence-corrected chi connectivity index (χ0v) is 11.3. The number of aryl methyl sites for hydroxylation is 1. The number of hydrogen-bond donors (Lipinski definition) is 2. The minimum atomic E-state index is -0.488. The summed E-state index contributed by atoms with van der Waals surface area (Å²) in [6, 6.07) is 0. The quantitative estimate of drug-likeness (QED) is 0.442. The molecule has 0 amide bonds. The topological polar surface area (TPSA) is 107 Å². The Hall–Kier alpha value is -1.57. The zero-order valence-electron chi connectivity index (χ0n) is 10.5. The first-order valence-corrected chi connectivity index (χ1v) is 6.81. The van der Waals surface area contributed by atoms with Crippen LogP contribution in [0.15, 0.2) is 0 Å². The summed E-state index contributed by atoms with van der Waals surface area (Å²) in [5.74, 6) is 2.33. The van der Waals surface area contributed by atoms with Crippen LogP contribution in [0.2, 0.25) is 0 Å². The number of nitrogens with one attached hydrogen (secondary N) is 1. The second-order valence-corrected chi connectivity index (χ2v) is 4.99. The lowest BCUT2D eigenvalue weighted by atomic mass is 10.3. The van der Waals surface area contributed by atoms with E-state index in [0.717, 1.165) is 17.9 Å². The summed E-state index contributed by atoms with van der Waals surface area (Å²) < 4.78 is 0. The van der Waals surface area contributed by atoms with E-state index in [-0.39, 0.29) is 23.1 Å². The number of anilines is 2. The molecule has 100 valence electrons. The standard InChI is InChI=1S/C10H17N5O2S/c1-3-18-6-4-5-12-9-8(15(16)17)7(2)13-10(11)14-9/h3-6H2,1-2H3,(H3,11,12,13,14). The molecule has 0 bridgehead atoms. The Morgan fingerprint density at radius 2 is 2.22 bits per heavy atom. The lowest BCUT2D eigenvalue weighted by molar-refractivity contribution is -0.385. The molecule has 3 N–H and O–H groups in total. The third-order valence-electron chi connectivity index (χ3n) is 2.22. The van der Waals surface area contributed by atoms with Gasteiger partial charge in [-0.15, -0.1) is 0 Å². The molecule has 0 saturated carbocycles. The van der Waals surface area contributed by atoms with Gasteiger partial charge >= 0.3 is 5.69 Å². The van der Waals surface area contributed by atoms with E-state index in [2.05, 4.69) is 22.2 Å². The Morgan fingerprint density at radius 3 is 2.83 bits per heavy atom. The number of aromatic nitrogens is 2. The highest BCUT2D eigenvalue weighted by molar-refractivity contribution is 7.99. The summed E-state index contributed by atoms with van der Waals surface area (Å²) in [6.45, 7) is 4.27. The van der Waals surface area contributed by atoms with E-state index in [1.165, 1.54) is 0 Å². The molecule has 0 aliphatic heterocycles. The van der Waals surface area contributed by atoms with Crippen LogP contribution in [0.5, 0.6) is 0 Å². The third kappa shape index (κ3) is 4.02. The van der Waals surface area contributed by atoms with Crippen molar-refractivity contribution >= 4 is 29.2 Å². The Morgan fingerprint density at radius 1 is 1.50 bits per heavy atom. The first kappa shape index (κ1) is 14.5. The van der Waals surface area contributed by atoms with Gasteiger partial charge in [-0.3, -0.25) is 10.1 Å². The van der Waals surface area contributed by atoms with Crippen molar-refractivity contribution in [1.29, 1.82) is 0 Å². The van der Waals surface area contributed by atoms with Crippen molar-refractivity contribution in [3.05, 3.63) is 15.8 Å². The van der Waals surface area contributed by atoms with E-state index in [9.17, 15) is 10.1 Å². The number of hydrogen-bond acceptors (Lipinski definition) is 7. The van der Waals surface area contributed by atoms with Crippen LogP contribution in [0, 0.1) is 17.0 Å². The number of thioether (sulfide) groups is 1. The van der Waals surface area contributed by atoms with Crippen molar-refractivity contribution in [2.75, 3.05) is 29.1 Å². The first-order chi connectivity index (χ1) is 8.56. The van der Waals surface area contributed by atoms with E-state index in [1.807, 2.05) is 11.8 Å². The lowest BCUT2D eigenvalue weighted by Crippen LogP contribution is -2.11. The van der Waals surface area contributed by atoms with Crippen LogP contribution in [-0.4, -0.2) is 32.9 Å². The van der Waals surface area contributed by atoms with E-state index in [4.69, 9.17) is 5.73 Å². The maximum absolute atomic E-state index is 10.9. The van der Waals surface area contributed by atoms with Gasteiger partial charge < -0.3 is 11.1 Å². The molecule has 8 heteroatoms. The van der Waals surface area contributed by atoms with Gasteiger partial charge in [0, 0.05) is 6.54 Å². The SMILES string of the molecule is CCSCCCNc1nc(N)nc(C)c1[N+](=O)[O-]. The second kappa shape index (κ2) is 7.00. The van der Waals surface area contributed by atoms with Crippen LogP contribution in [0.1, 0.15) is 19.0 Å². The van der Waals surface area contributed by atoms with Gasteiger partial charge in [-0.25, -0.2) is 4.98 Å². The maximum Gasteiger partial charge on any atom is 0.332 e. The predicted octanol–water partition coefficient (Wildman–Crippen LogP) is 1.83. The Balaban J connectivity index is 2.71. The summed E-state index contributed by atoms with van der Waals surface area (Å²) in [6.07, 6.45) is 0.915. The fourth-order valence-corrected chi connectivity index (χ4v) is 2.09. The molecule has 0 aliphatic rings. The molecule has 1 aromatic rings. The fourth-order valence-electron chi connectivity index (χ4n) is 1.46. The van der Waals surface area contributed by atoms with Gasteiger partial charge in [-0.2, -0.15) is 16.7 Å². The molecule has 1 rings (SSSR count). The largest absolute Gasteiger partial charge is 0.368 e.